The van der Waals surface area contributed by atoms with Gasteiger partial charge in [-0.1, -0.05) is 37.3 Å². The molecule has 0 aliphatic heterocycles. The van der Waals surface area contributed by atoms with E-state index in [1.54, 1.807) is 20.8 Å². The highest BCUT2D eigenvalue weighted by atomic mass is 16.6. The Kier molecular flexibility index (Phi) is 12.6. The van der Waals surface area contributed by atoms with Crippen LogP contribution in [0.4, 0.5) is 9.59 Å². The van der Waals surface area contributed by atoms with Crippen LogP contribution in [0.3, 0.4) is 0 Å². The van der Waals surface area contributed by atoms with Gasteiger partial charge < -0.3 is 24.8 Å². The molecule has 0 fully saturated rings. The predicted molar refractivity (Wildman–Crippen MR) is 136 cm³/mol. The van der Waals surface area contributed by atoms with Crippen molar-refractivity contribution < 1.29 is 28.6 Å². The fraction of sp³-hybridized carbons (Fsp3) is 0.667. The minimum atomic E-state index is -0.629. The van der Waals surface area contributed by atoms with Gasteiger partial charge in [0.05, 0.1) is 6.04 Å². The number of ether oxygens (including phenoxy) is 3. The van der Waals surface area contributed by atoms with Gasteiger partial charge >= 0.3 is 18.2 Å². The van der Waals surface area contributed by atoms with Crippen LogP contribution in [0.1, 0.15) is 79.7 Å². The molecule has 0 heterocycles. The number of rotatable bonds is 12. The Morgan fingerprint density at radius 1 is 0.886 bits per heavy atom. The van der Waals surface area contributed by atoms with Crippen LogP contribution in [0.2, 0.25) is 0 Å². The van der Waals surface area contributed by atoms with Crippen LogP contribution >= 0.6 is 0 Å². The molecule has 1 aromatic rings. The quantitative estimate of drug-likeness (QED) is 0.230. The van der Waals surface area contributed by atoms with Crippen molar-refractivity contribution in [2.45, 2.75) is 97.8 Å². The predicted octanol–water partition coefficient (Wildman–Crippen LogP) is 5.39. The van der Waals surface area contributed by atoms with Gasteiger partial charge in [0.15, 0.2) is 0 Å². The van der Waals surface area contributed by atoms with Gasteiger partial charge in [-0.05, 0) is 78.7 Å². The number of hydrogen-bond donors (Lipinski definition) is 2. The van der Waals surface area contributed by atoms with Crippen LogP contribution in [0, 0.1) is 5.92 Å². The lowest BCUT2D eigenvalue weighted by Crippen LogP contribution is -2.42. The summed E-state index contributed by atoms with van der Waals surface area (Å²) in [5, 5.41) is 5.52. The molecule has 2 N–H and O–H groups in total. The molecule has 0 aliphatic carbocycles. The second kappa shape index (κ2) is 14.6. The molecular formula is C27H44N2O6. The number of carbonyl (C=O) groups is 3. The van der Waals surface area contributed by atoms with Crippen molar-refractivity contribution in [1.29, 1.82) is 0 Å². The summed E-state index contributed by atoms with van der Waals surface area (Å²) in [7, 11) is 0. The molecule has 2 atom stereocenters. The summed E-state index contributed by atoms with van der Waals surface area (Å²) in [4.78, 5) is 36.4. The first-order valence-electron chi connectivity index (χ1n) is 12.4. The van der Waals surface area contributed by atoms with Crippen LogP contribution in [0.15, 0.2) is 30.3 Å². The number of carbonyl (C=O) groups excluding carboxylic acids is 3. The van der Waals surface area contributed by atoms with Crippen LogP contribution in [0.5, 0.6) is 0 Å². The molecule has 0 radical (unpaired) electrons. The molecule has 1 rings (SSSR count). The molecule has 2 unspecified atom stereocenters. The molecule has 0 aromatic heterocycles. The summed E-state index contributed by atoms with van der Waals surface area (Å²) >= 11 is 0. The third kappa shape index (κ3) is 16.5. The van der Waals surface area contributed by atoms with E-state index in [1.807, 2.05) is 58.0 Å². The molecule has 8 heteroatoms. The van der Waals surface area contributed by atoms with Crippen molar-refractivity contribution in [2.75, 3.05) is 13.2 Å². The first-order chi connectivity index (χ1) is 16.2. The number of alkyl carbamates (subject to hydrolysis) is 2. The topological polar surface area (TPSA) is 103 Å². The number of hydrogen-bond acceptors (Lipinski definition) is 6. The summed E-state index contributed by atoms with van der Waals surface area (Å²) in [5.74, 6) is -0.155. The fourth-order valence-electron chi connectivity index (χ4n) is 3.32. The van der Waals surface area contributed by atoms with E-state index >= 15 is 0 Å². The largest absolute Gasteiger partial charge is 0.463 e. The number of unbranched alkanes of at least 4 members (excludes halogenated alkanes) is 1. The van der Waals surface area contributed by atoms with Crippen molar-refractivity contribution >= 4 is 18.2 Å². The van der Waals surface area contributed by atoms with E-state index in [0.717, 1.165) is 6.42 Å². The van der Waals surface area contributed by atoms with E-state index in [-0.39, 0.29) is 24.5 Å². The molecule has 0 bridgehead atoms. The van der Waals surface area contributed by atoms with Crippen LogP contribution in [-0.2, 0) is 25.4 Å². The van der Waals surface area contributed by atoms with Crippen molar-refractivity contribution in [3.05, 3.63) is 35.9 Å². The summed E-state index contributed by atoms with van der Waals surface area (Å²) < 4.78 is 16.1. The lowest BCUT2D eigenvalue weighted by atomic mass is 9.98. The summed E-state index contributed by atoms with van der Waals surface area (Å²) in [5.41, 5.74) is 0.00193. The number of amides is 2. The van der Waals surface area contributed by atoms with E-state index in [1.165, 1.54) is 5.56 Å². The zero-order valence-electron chi connectivity index (χ0n) is 22.4. The smallest absolute Gasteiger partial charge is 0.407 e. The molecule has 0 spiro atoms. The number of benzene rings is 1. The second-order valence-corrected chi connectivity index (χ2v) is 10.9. The van der Waals surface area contributed by atoms with Gasteiger partial charge in [-0.2, -0.15) is 0 Å². The number of esters is 1. The average molecular weight is 493 g/mol. The molecule has 0 saturated carbocycles. The van der Waals surface area contributed by atoms with Crippen LogP contribution in [0.25, 0.3) is 0 Å². The Balaban J connectivity index is 2.49. The highest BCUT2D eigenvalue weighted by molar-refractivity contribution is 5.70. The highest BCUT2D eigenvalue weighted by Gasteiger charge is 2.21. The third-order valence-corrected chi connectivity index (χ3v) is 4.76. The van der Waals surface area contributed by atoms with Gasteiger partial charge in [0.2, 0.25) is 0 Å². The maximum atomic E-state index is 12.4. The first kappa shape index (κ1) is 30.3. The minimum absolute atomic E-state index is 0.0651. The molecular weight excluding hydrogens is 448 g/mol. The van der Waals surface area contributed by atoms with Gasteiger partial charge in [0.1, 0.15) is 17.8 Å². The zero-order valence-corrected chi connectivity index (χ0v) is 22.4. The summed E-state index contributed by atoms with van der Waals surface area (Å²) in [6, 6.07) is 9.63. The highest BCUT2D eigenvalue weighted by Crippen LogP contribution is 2.13. The average Bonchev–Trinajstić information content (AvgIpc) is 2.69. The Bertz CT molecular complexity index is 783. The summed E-state index contributed by atoms with van der Waals surface area (Å²) in [6.45, 7) is 13.3. The normalized spacial score (nSPS) is 13.3. The standard InChI is InChI=1S/C27H44N2O6/c1-20(17-21-13-9-8-10-14-21)18-23(30)33-19-22(29-25(32)35-27(5,6)7)15-11-12-16-28-24(31)34-26(2,3)4/h8-10,13-14,20,22H,11-12,15-19H2,1-7H3,(H,28,31)(H,29,32). The van der Waals surface area contributed by atoms with Gasteiger partial charge in [-0.15, -0.1) is 0 Å². The maximum Gasteiger partial charge on any atom is 0.407 e. The van der Waals surface area contributed by atoms with Gasteiger partial charge in [-0.3, -0.25) is 4.79 Å². The van der Waals surface area contributed by atoms with Crippen molar-refractivity contribution in [2.24, 2.45) is 5.92 Å². The van der Waals surface area contributed by atoms with E-state index < -0.39 is 23.4 Å². The lowest BCUT2D eigenvalue weighted by molar-refractivity contribution is -0.145. The van der Waals surface area contributed by atoms with Crippen molar-refractivity contribution in [1.82, 2.24) is 10.6 Å². The van der Waals surface area contributed by atoms with Crippen molar-refractivity contribution in [3.63, 3.8) is 0 Å². The molecule has 1 aromatic carbocycles. The van der Waals surface area contributed by atoms with Crippen LogP contribution in [-0.4, -0.2) is 48.6 Å². The SMILES string of the molecule is CC(CC(=O)OCC(CCCCNC(=O)OC(C)(C)C)NC(=O)OC(C)(C)C)Cc1ccccc1. The van der Waals surface area contributed by atoms with E-state index in [9.17, 15) is 14.4 Å². The third-order valence-electron chi connectivity index (χ3n) is 4.76. The van der Waals surface area contributed by atoms with E-state index in [4.69, 9.17) is 14.2 Å². The van der Waals surface area contributed by atoms with E-state index in [0.29, 0.717) is 32.2 Å². The van der Waals surface area contributed by atoms with Gasteiger partial charge in [0.25, 0.3) is 0 Å². The Hall–Kier alpha value is -2.77. The monoisotopic (exact) mass is 492 g/mol. The number of nitrogens with one attached hydrogen (secondary N) is 2. The Morgan fingerprint density at radius 2 is 1.49 bits per heavy atom. The minimum Gasteiger partial charge on any atom is -0.463 e. The Labute approximate surface area is 210 Å². The first-order valence-corrected chi connectivity index (χ1v) is 12.4. The fourth-order valence-corrected chi connectivity index (χ4v) is 3.32. The molecule has 0 aliphatic rings. The molecule has 2 amide bonds. The molecule has 35 heavy (non-hydrogen) atoms. The molecule has 0 saturated heterocycles. The molecule has 8 nitrogen and oxygen atoms in total. The van der Waals surface area contributed by atoms with E-state index in [2.05, 4.69) is 10.6 Å². The van der Waals surface area contributed by atoms with Crippen molar-refractivity contribution in [3.8, 4) is 0 Å². The summed E-state index contributed by atoms with van der Waals surface area (Å²) in [6.07, 6.45) is 2.05. The van der Waals surface area contributed by atoms with Gasteiger partial charge in [0, 0.05) is 13.0 Å². The Morgan fingerprint density at radius 3 is 2.09 bits per heavy atom. The van der Waals surface area contributed by atoms with Crippen LogP contribution < -0.4 is 10.6 Å². The van der Waals surface area contributed by atoms with Gasteiger partial charge in [-0.25, -0.2) is 9.59 Å². The maximum absolute atomic E-state index is 12.4. The molecule has 198 valence electrons. The second-order valence-electron chi connectivity index (χ2n) is 10.9. The zero-order chi connectivity index (χ0) is 26.5. The lowest BCUT2D eigenvalue weighted by Gasteiger charge is -2.24.